The molecule has 21 heavy (non-hydrogen) atoms. The Morgan fingerprint density at radius 2 is 2.14 bits per heavy atom. The summed E-state index contributed by atoms with van der Waals surface area (Å²) in [5, 5.41) is 3.32. The molecule has 3 heterocycles. The second kappa shape index (κ2) is 4.51. The minimum atomic E-state index is 0.770. The highest BCUT2D eigenvalue weighted by Gasteiger charge is 2.40. The van der Waals surface area contributed by atoms with Crippen molar-refractivity contribution in [2.75, 3.05) is 13.1 Å². The summed E-state index contributed by atoms with van der Waals surface area (Å²) in [6, 6.07) is 8.48. The molecule has 0 spiro atoms. The van der Waals surface area contributed by atoms with Gasteiger partial charge in [0, 0.05) is 21.2 Å². The number of halogens is 1. The van der Waals surface area contributed by atoms with Gasteiger partial charge in [-0.1, -0.05) is 29.4 Å². The number of hydrogen-bond donors (Lipinski definition) is 0. The van der Waals surface area contributed by atoms with Gasteiger partial charge in [0.05, 0.1) is 17.1 Å². The number of amidine groups is 1. The van der Waals surface area contributed by atoms with Gasteiger partial charge < -0.3 is 4.90 Å². The van der Waals surface area contributed by atoms with Crippen molar-refractivity contribution in [1.82, 2.24) is 4.90 Å². The number of nitrogens with zero attached hydrogens (tertiary/aromatic N) is 2. The summed E-state index contributed by atoms with van der Waals surface area (Å²) in [6.45, 7) is 1.96. The molecule has 0 amide bonds. The fourth-order valence-electron chi connectivity index (χ4n) is 3.00. The minimum Gasteiger partial charge on any atom is -0.317 e. The summed E-state index contributed by atoms with van der Waals surface area (Å²) in [4.78, 5) is 9.99. The van der Waals surface area contributed by atoms with Gasteiger partial charge in [0.25, 0.3) is 0 Å². The van der Waals surface area contributed by atoms with Crippen LogP contribution in [0.1, 0.15) is 17.7 Å². The Bertz CT molecular complexity index is 817. The molecule has 0 bridgehead atoms. The van der Waals surface area contributed by atoms with Gasteiger partial charge in [-0.05, 0) is 42.3 Å². The fourth-order valence-corrected chi connectivity index (χ4v) is 5.84. The molecule has 0 N–H and O–H groups in total. The molecular weight excluding hydrogens is 320 g/mol. The van der Waals surface area contributed by atoms with Gasteiger partial charge in [-0.15, -0.1) is 11.3 Å². The van der Waals surface area contributed by atoms with Gasteiger partial charge in [0.15, 0.2) is 5.17 Å². The van der Waals surface area contributed by atoms with Crippen molar-refractivity contribution in [3.05, 3.63) is 39.1 Å². The lowest BCUT2D eigenvalue weighted by atomic mass is 10.2. The number of hydrogen-bond acceptors (Lipinski definition) is 4. The van der Waals surface area contributed by atoms with Crippen molar-refractivity contribution in [2.24, 2.45) is 10.9 Å². The second-order valence-corrected chi connectivity index (χ2v) is 8.23. The van der Waals surface area contributed by atoms with E-state index in [2.05, 4.69) is 28.1 Å². The molecule has 5 heteroatoms. The number of rotatable bonds is 2. The molecule has 2 nitrogen and oxygen atoms in total. The van der Waals surface area contributed by atoms with Crippen LogP contribution < -0.4 is 0 Å². The number of thioether (sulfide) groups is 1. The van der Waals surface area contributed by atoms with Gasteiger partial charge in [0.2, 0.25) is 0 Å². The third-order valence-electron chi connectivity index (χ3n) is 4.17. The van der Waals surface area contributed by atoms with Crippen LogP contribution in [0.5, 0.6) is 0 Å². The molecule has 2 aromatic rings. The lowest BCUT2D eigenvalue weighted by Gasteiger charge is -2.15. The summed E-state index contributed by atoms with van der Waals surface area (Å²) < 4.78 is 1.27. The third kappa shape index (κ3) is 1.96. The highest BCUT2D eigenvalue weighted by atomic mass is 35.5. The zero-order chi connectivity index (χ0) is 14.0. The number of allylic oxidation sites excluding steroid dienone is 1. The topological polar surface area (TPSA) is 15.6 Å². The Labute approximate surface area is 136 Å². The maximum atomic E-state index is 6.13. The quantitative estimate of drug-likeness (QED) is 0.764. The molecule has 1 saturated carbocycles. The summed E-state index contributed by atoms with van der Waals surface area (Å²) in [5.74, 6) is 0.770. The largest absolute Gasteiger partial charge is 0.317 e. The van der Waals surface area contributed by atoms with E-state index in [0.717, 1.165) is 24.0 Å². The number of aliphatic imine (C=N–C) groups is 1. The molecule has 1 fully saturated rings. The molecular formula is C16H13ClN2S2. The Morgan fingerprint density at radius 1 is 1.24 bits per heavy atom. The van der Waals surface area contributed by atoms with Crippen LogP contribution >= 0.6 is 34.7 Å². The zero-order valence-electron chi connectivity index (χ0n) is 11.3. The Morgan fingerprint density at radius 3 is 3.00 bits per heavy atom. The first kappa shape index (κ1) is 12.6. The minimum absolute atomic E-state index is 0.770. The Hall–Kier alpha value is -0.970. The van der Waals surface area contributed by atoms with Crippen molar-refractivity contribution in [2.45, 2.75) is 12.8 Å². The van der Waals surface area contributed by atoms with Crippen molar-refractivity contribution in [1.29, 1.82) is 0 Å². The predicted molar refractivity (Wildman–Crippen MR) is 93.1 cm³/mol. The van der Waals surface area contributed by atoms with Crippen LogP contribution in [0.15, 0.2) is 34.2 Å². The van der Waals surface area contributed by atoms with Crippen LogP contribution in [0, 0.1) is 5.92 Å². The van der Waals surface area contributed by atoms with Gasteiger partial charge in [0.1, 0.15) is 0 Å². The normalized spacial score (nSPS) is 21.4. The SMILES string of the molecule is Clc1ccc2cc(C3=C(C4CC4)SC4=NCCN43)sc2c1. The molecule has 5 rings (SSSR count). The first-order valence-electron chi connectivity index (χ1n) is 7.23. The molecule has 3 aliphatic rings. The molecule has 0 atom stereocenters. The average molecular weight is 333 g/mol. The molecule has 106 valence electrons. The molecule has 0 saturated heterocycles. The van der Waals surface area contributed by atoms with E-state index >= 15 is 0 Å². The molecule has 1 aliphatic carbocycles. The van der Waals surface area contributed by atoms with Crippen LogP contribution in [0.4, 0.5) is 0 Å². The summed E-state index contributed by atoms with van der Waals surface area (Å²) in [7, 11) is 0. The van der Waals surface area contributed by atoms with E-state index in [9.17, 15) is 0 Å². The Balaban J connectivity index is 1.68. The molecule has 0 radical (unpaired) electrons. The van der Waals surface area contributed by atoms with E-state index in [1.165, 1.54) is 38.7 Å². The van der Waals surface area contributed by atoms with Crippen molar-refractivity contribution >= 4 is 55.7 Å². The van der Waals surface area contributed by atoms with Crippen LogP contribution in [-0.4, -0.2) is 23.2 Å². The fraction of sp³-hybridized carbons (Fsp3) is 0.312. The van der Waals surface area contributed by atoms with Gasteiger partial charge in [-0.3, -0.25) is 4.99 Å². The molecule has 1 aromatic heterocycles. The number of thiophene rings is 1. The predicted octanol–water partition coefficient (Wildman–Crippen LogP) is 5.05. The van der Waals surface area contributed by atoms with E-state index in [0.29, 0.717) is 0 Å². The summed E-state index contributed by atoms with van der Waals surface area (Å²) >= 11 is 9.89. The van der Waals surface area contributed by atoms with Crippen LogP contribution in [0.3, 0.4) is 0 Å². The molecule has 1 aromatic carbocycles. The van der Waals surface area contributed by atoms with Crippen molar-refractivity contribution < 1.29 is 0 Å². The lowest BCUT2D eigenvalue weighted by Crippen LogP contribution is -2.19. The Kier molecular flexibility index (Phi) is 2.70. The lowest BCUT2D eigenvalue weighted by molar-refractivity contribution is 0.647. The highest BCUT2D eigenvalue weighted by molar-refractivity contribution is 8.17. The highest BCUT2D eigenvalue weighted by Crippen LogP contribution is 2.53. The maximum absolute atomic E-state index is 6.13. The zero-order valence-corrected chi connectivity index (χ0v) is 13.7. The summed E-state index contributed by atoms with van der Waals surface area (Å²) in [5.41, 5.74) is 1.43. The van der Waals surface area contributed by atoms with Gasteiger partial charge in [-0.25, -0.2) is 0 Å². The summed E-state index contributed by atoms with van der Waals surface area (Å²) in [6.07, 6.45) is 2.67. The van der Waals surface area contributed by atoms with Crippen molar-refractivity contribution in [3.63, 3.8) is 0 Å². The van der Waals surface area contributed by atoms with E-state index < -0.39 is 0 Å². The first-order chi connectivity index (χ1) is 10.3. The first-order valence-corrected chi connectivity index (χ1v) is 9.24. The smallest absolute Gasteiger partial charge is 0.168 e. The van der Waals surface area contributed by atoms with Crippen LogP contribution in [-0.2, 0) is 0 Å². The maximum Gasteiger partial charge on any atom is 0.168 e. The van der Waals surface area contributed by atoms with E-state index in [1.54, 1.807) is 4.91 Å². The van der Waals surface area contributed by atoms with Gasteiger partial charge >= 0.3 is 0 Å². The molecule has 2 aliphatic heterocycles. The van der Waals surface area contributed by atoms with Crippen LogP contribution in [0.2, 0.25) is 5.02 Å². The number of benzene rings is 1. The van der Waals surface area contributed by atoms with E-state index in [4.69, 9.17) is 11.6 Å². The monoisotopic (exact) mass is 332 g/mol. The van der Waals surface area contributed by atoms with Crippen molar-refractivity contribution in [3.8, 4) is 0 Å². The van der Waals surface area contributed by atoms with Gasteiger partial charge in [-0.2, -0.15) is 0 Å². The standard InChI is InChI=1S/C16H13ClN2S2/c17-11-4-3-10-7-13(20-12(10)8-11)14-15(9-1-2-9)21-16-18-5-6-19(14)16/h3-4,7-9H,1-2,5-6H2. The van der Waals surface area contributed by atoms with E-state index in [1.807, 2.05) is 29.2 Å². The average Bonchev–Trinajstić information content (AvgIpc) is 2.93. The van der Waals surface area contributed by atoms with Crippen LogP contribution in [0.25, 0.3) is 15.8 Å². The number of fused-ring (bicyclic) bond motifs is 2. The van der Waals surface area contributed by atoms with E-state index in [-0.39, 0.29) is 0 Å². The second-order valence-electron chi connectivity index (χ2n) is 5.70. The molecule has 0 unspecified atom stereocenters. The third-order valence-corrected chi connectivity index (χ3v) is 6.79.